The molecule has 0 heterocycles. The van der Waals surface area contributed by atoms with Gasteiger partial charge in [-0.25, -0.2) is 0 Å². The summed E-state index contributed by atoms with van der Waals surface area (Å²) in [7, 11) is 0. The molecule has 0 radical (unpaired) electrons. The lowest BCUT2D eigenvalue weighted by Crippen LogP contribution is -2.32. The van der Waals surface area contributed by atoms with Crippen molar-refractivity contribution >= 4 is 127 Å². The van der Waals surface area contributed by atoms with Gasteiger partial charge in [0.1, 0.15) is 0 Å². The fraction of sp³-hybridized carbons (Fsp3) is 0.217. The maximum atomic E-state index is 13.5. The summed E-state index contributed by atoms with van der Waals surface area (Å²) in [5.41, 5.74) is 4.30. The van der Waals surface area contributed by atoms with E-state index in [9.17, 15) is 28.8 Å². The molecule has 5 aromatic rings. The minimum Gasteiger partial charge on any atom is -0.324 e. The van der Waals surface area contributed by atoms with Crippen molar-refractivity contribution in [1.82, 2.24) is 0 Å². The summed E-state index contributed by atoms with van der Waals surface area (Å²) in [6, 6.07) is 23.8. The van der Waals surface area contributed by atoms with Gasteiger partial charge in [-0.2, -0.15) is 20.5 Å². The second kappa shape index (κ2) is 23.2. The van der Waals surface area contributed by atoms with Crippen molar-refractivity contribution in [2.24, 2.45) is 20.5 Å². The highest BCUT2D eigenvalue weighted by atomic mass is 35.5. The zero-order valence-corrected chi connectivity index (χ0v) is 38.9. The molecule has 0 saturated carbocycles. The van der Waals surface area contributed by atoms with E-state index in [1.54, 1.807) is 48.5 Å². The zero-order valence-electron chi connectivity index (χ0n) is 35.2. The molecule has 5 aromatic carbocycles. The molecule has 5 rings (SSSR count). The average molecular weight is 979 g/mol. The van der Waals surface area contributed by atoms with Crippen molar-refractivity contribution in [3.05, 3.63) is 141 Å². The van der Waals surface area contributed by atoms with Gasteiger partial charge in [0, 0.05) is 49.8 Å². The van der Waals surface area contributed by atoms with E-state index in [0.717, 1.165) is 11.1 Å². The largest absolute Gasteiger partial charge is 0.324 e. The Morgan fingerprint density at radius 3 is 1.35 bits per heavy atom. The number of carbonyl (C=O) groups excluding carboxylic acids is 6. The zero-order chi connectivity index (χ0) is 47.4. The molecule has 14 nitrogen and oxygen atoms in total. The third-order valence-corrected chi connectivity index (χ3v) is 10.5. The van der Waals surface area contributed by atoms with Crippen LogP contribution in [0.2, 0.25) is 10.0 Å². The van der Waals surface area contributed by atoms with E-state index >= 15 is 0 Å². The van der Waals surface area contributed by atoms with Crippen LogP contribution in [0.1, 0.15) is 75.9 Å². The van der Waals surface area contributed by atoms with E-state index in [4.69, 9.17) is 58.0 Å². The van der Waals surface area contributed by atoms with Crippen molar-refractivity contribution < 1.29 is 28.8 Å². The van der Waals surface area contributed by atoms with E-state index in [0.29, 0.717) is 16.9 Å². The molecule has 0 spiro atoms. The van der Waals surface area contributed by atoms with Crippen LogP contribution < -0.4 is 21.3 Å². The minimum atomic E-state index is -1.60. The van der Waals surface area contributed by atoms with Gasteiger partial charge in [0.15, 0.2) is 11.6 Å². The number of aryl methyl sites for hydroxylation is 1. The van der Waals surface area contributed by atoms with Crippen LogP contribution in [-0.2, 0) is 25.6 Å². The number of hydrogen-bond acceptors (Lipinski definition) is 10. The molecule has 0 bridgehead atoms. The summed E-state index contributed by atoms with van der Waals surface area (Å²) >= 11 is 30.9. The summed E-state index contributed by atoms with van der Waals surface area (Å²) in [4.78, 5) is 78.2. The summed E-state index contributed by atoms with van der Waals surface area (Å²) in [6.45, 7) is 6.01. The Morgan fingerprint density at radius 1 is 0.538 bits per heavy atom. The molecule has 4 amide bonds. The topological polar surface area (TPSA) is 200 Å². The molecule has 4 atom stereocenters. The van der Waals surface area contributed by atoms with Crippen LogP contribution in [0.15, 0.2) is 124 Å². The highest BCUT2D eigenvalue weighted by Gasteiger charge is 2.26. The summed E-state index contributed by atoms with van der Waals surface area (Å²) in [6.07, 6.45) is 0.217. The number of alkyl halides is 3. The Balaban J connectivity index is 1.26. The van der Waals surface area contributed by atoms with Gasteiger partial charge in [-0.1, -0.05) is 47.5 Å². The lowest BCUT2D eigenvalue weighted by molar-refractivity contribution is -0.127. The lowest BCUT2D eigenvalue weighted by atomic mass is 10.1. The molecule has 0 aliphatic carbocycles. The van der Waals surface area contributed by atoms with Crippen LogP contribution in [0.3, 0.4) is 0 Å². The monoisotopic (exact) mass is 976 g/mol. The van der Waals surface area contributed by atoms with Gasteiger partial charge >= 0.3 is 0 Å². The van der Waals surface area contributed by atoms with Crippen molar-refractivity contribution in [2.45, 2.75) is 57.0 Å². The maximum absolute atomic E-state index is 13.5. The third-order valence-electron chi connectivity index (χ3n) is 9.38. The molecule has 4 unspecified atom stereocenters. The molecule has 336 valence electrons. The van der Waals surface area contributed by atoms with Gasteiger partial charge in [-0.15, -0.1) is 34.8 Å². The van der Waals surface area contributed by atoms with Gasteiger partial charge in [-0.3, -0.25) is 28.8 Å². The first kappa shape index (κ1) is 50.0. The molecular weight excluding hydrogens is 938 g/mol. The first-order valence-corrected chi connectivity index (χ1v) is 21.9. The molecular formula is C46H41Cl5N8O6. The Labute approximate surface area is 399 Å². The summed E-state index contributed by atoms with van der Waals surface area (Å²) in [5, 5.41) is 26.9. The molecule has 4 N–H and O–H groups in total. The van der Waals surface area contributed by atoms with Crippen molar-refractivity contribution in [2.75, 3.05) is 27.1 Å². The predicted molar refractivity (Wildman–Crippen MR) is 256 cm³/mol. The van der Waals surface area contributed by atoms with E-state index in [2.05, 4.69) is 41.7 Å². The number of nitrogens with zero attached hydrogens (tertiary/aromatic N) is 4. The van der Waals surface area contributed by atoms with Gasteiger partial charge in [0.05, 0.1) is 22.1 Å². The second-order valence-corrected chi connectivity index (χ2v) is 17.1. The van der Waals surface area contributed by atoms with Gasteiger partial charge in [0.2, 0.25) is 12.1 Å². The first-order valence-electron chi connectivity index (χ1n) is 19.8. The molecule has 0 saturated heterocycles. The fourth-order valence-electron chi connectivity index (χ4n) is 6.00. The standard InChI is InChI=1S/C46H41Cl5N8O6/c1-24(48)28-5-9-35(10-6-28)52-43(62)31-17-33(50)22-38(20-31)56-58-41(26(3)60)45(64)54-37-13-14-40(30(19-37)15-16-47)55-46(65)42(27(4)61)59-57-39-21-32(18-34(51)23-39)44(63)53-36-11-7-29(8-12-36)25(2)49/h5-14,17-25,41-42H,15-16H2,1-4H3,(H,52,62)(H,53,63)(H,54,64)(H,55,65). The molecule has 65 heavy (non-hydrogen) atoms. The van der Waals surface area contributed by atoms with Crippen LogP contribution in [0, 0.1) is 0 Å². The van der Waals surface area contributed by atoms with Crippen LogP contribution >= 0.6 is 58.0 Å². The number of anilines is 4. The number of benzene rings is 5. The quantitative estimate of drug-likeness (QED) is 0.0382. The van der Waals surface area contributed by atoms with E-state index in [-0.39, 0.29) is 67.0 Å². The van der Waals surface area contributed by atoms with Crippen molar-refractivity contribution in [1.29, 1.82) is 0 Å². The Bertz CT molecular complexity index is 2660. The molecule has 0 aliphatic heterocycles. The van der Waals surface area contributed by atoms with Gasteiger partial charge in [0.25, 0.3) is 23.6 Å². The van der Waals surface area contributed by atoms with Crippen molar-refractivity contribution in [3.63, 3.8) is 0 Å². The SMILES string of the molecule is CC(=O)C(N=Nc1cc(Cl)cc(C(=O)Nc2ccc(C(C)Cl)cc2)c1)C(=O)Nc1ccc(NC(=O)C(N=Nc2cc(Cl)cc(C(=O)Nc3ccc(C(C)Cl)cc3)c2)C(C)=O)c(CCCl)c1. The number of ketones is 2. The lowest BCUT2D eigenvalue weighted by Gasteiger charge is -2.15. The Hall–Kier alpha value is -6.03. The number of azo groups is 2. The van der Waals surface area contributed by atoms with E-state index < -0.39 is 47.3 Å². The number of Topliss-reactive ketones (excluding diaryl/α,β-unsaturated/α-hetero) is 2. The average Bonchev–Trinajstić information content (AvgIpc) is 3.24. The fourth-order valence-corrected chi connectivity index (χ4v) is 6.95. The van der Waals surface area contributed by atoms with E-state index in [1.165, 1.54) is 68.4 Å². The number of carbonyl (C=O) groups is 6. The number of amides is 4. The van der Waals surface area contributed by atoms with Crippen LogP contribution in [0.25, 0.3) is 0 Å². The predicted octanol–water partition coefficient (Wildman–Crippen LogP) is 12.2. The Kier molecular flexibility index (Phi) is 17.9. The molecule has 0 fully saturated rings. The summed E-state index contributed by atoms with van der Waals surface area (Å²) in [5.74, 6) is -3.76. The first-order chi connectivity index (χ1) is 30.9. The van der Waals surface area contributed by atoms with E-state index in [1.807, 2.05) is 13.8 Å². The Morgan fingerprint density at radius 2 is 0.954 bits per heavy atom. The number of rotatable bonds is 18. The molecule has 19 heteroatoms. The number of nitrogens with one attached hydrogen (secondary N) is 4. The normalized spacial score (nSPS) is 13.1. The number of halogens is 5. The van der Waals surface area contributed by atoms with Crippen molar-refractivity contribution in [3.8, 4) is 0 Å². The minimum absolute atomic E-state index is 0.111. The molecule has 0 aromatic heterocycles. The van der Waals surface area contributed by atoms with Crippen LogP contribution in [0.5, 0.6) is 0 Å². The molecule has 0 aliphatic rings. The highest BCUT2D eigenvalue weighted by molar-refractivity contribution is 6.32. The number of hydrogen-bond donors (Lipinski definition) is 4. The summed E-state index contributed by atoms with van der Waals surface area (Å²) < 4.78 is 0. The highest BCUT2D eigenvalue weighted by Crippen LogP contribution is 2.28. The maximum Gasteiger partial charge on any atom is 0.258 e. The van der Waals surface area contributed by atoms with Gasteiger partial charge < -0.3 is 21.3 Å². The smallest absolute Gasteiger partial charge is 0.258 e. The second-order valence-electron chi connectivity index (χ2n) is 14.5. The van der Waals surface area contributed by atoms with Gasteiger partial charge in [-0.05, 0) is 130 Å². The van der Waals surface area contributed by atoms with Crippen LogP contribution in [-0.4, -0.2) is 53.2 Å². The third kappa shape index (κ3) is 14.5. The van der Waals surface area contributed by atoms with Crippen LogP contribution in [0.4, 0.5) is 34.1 Å².